The molecule has 7 N–H and O–H groups in total. The number of amides is 7. The number of imide groups is 1. The van der Waals surface area contributed by atoms with Crippen molar-refractivity contribution in [3.05, 3.63) is 231 Å². The number of aromatic hydroxyl groups is 1. The van der Waals surface area contributed by atoms with E-state index >= 15 is 0 Å². The Kier molecular flexibility index (Phi) is 30.7. The van der Waals surface area contributed by atoms with Gasteiger partial charge in [-0.1, -0.05) is 87.8 Å². The van der Waals surface area contributed by atoms with Crippen LogP contribution >= 0.6 is 69.6 Å². The number of halogens is 6. The number of primary amides is 2. The number of aromatic nitrogens is 6. The number of aliphatic hydroxyl groups is 1. The third-order valence-electron chi connectivity index (χ3n) is 18.4. The van der Waals surface area contributed by atoms with Gasteiger partial charge in [0.05, 0.1) is 76.3 Å². The van der Waals surface area contributed by atoms with Crippen molar-refractivity contribution >= 4 is 123 Å². The Morgan fingerprint density at radius 2 is 0.884 bits per heavy atom. The van der Waals surface area contributed by atoms with E-state index in [-0.39, 0.29) is 160 Å². The number of hydrogen-bond donors (Lipinski definition) is 5. The minimum Gasteiger partial charge on any atom is -0.508 e. The molecule has 0 aliphatic carbocycles. The number of phenolic OH excluding ortho intramolecular Hbond substituents is 1. The second kappa shape index (κ2) is 38.8. The Bertz CT molecular complexity index is 5080. The molecule has 7 heterocycles. The summed E-state index contributed by atoms with van der Waals surface area (Å²) in [5, 5.41) is 37.7. The quantitative estimate of drug-likeness (QED) is 0.0194. The molecule has 0 saturated carbocycles. The number of piperidine rings is 1. The molecule has 112 heavy (non-hydrogen) atoms. The van der Waals surface area contributed by atoms with Crippen molar-refractivity contribution in [3.63, 3.8) is 0 Å². The smallest absolute Gasteiger partial charge is 0.508 e. The van der Waals surface area contributed by atoms with Crippen LogP contribution in [0.25, 0.3) is 17.1 Å². The van der Waals surface area contributed by atoms with Gasteiger partial charge in [0, 0.05) is 69.7 Å². The van der Waals surface area contributed by atoms with Crippen LogP contribution in [0.3, 0.4) is 0 Å². The van der Waals surface area contributed by atoms with Gasteiger partial charge in [0.25, 0.3) is 17.7 Å². The Hall–Kier alpha value is -8.88. The van der Waals surface area contributed by atoms with E-state index in [2.05, 4.69) is 30.1 Å². The number of aliphatic hydroxyl groups excluding tert-OH is 1. The molecule has 4 aliphatic heterocycles. The topological polar surface area (TPSA) is 358 Å². The van der Waals surface area contributed by atoms with Gasteiger partial charge < -0.3 is 62.8 Å². The van der Waals surface area contributed by atoms with Crippen LogP contribution in [0.2, 0.25) is 30.1 Å². The van der Waals surface area contributed by atoms with Crippen molar-refractivity contribution in [2.45, 2.75) is 138 Å². The van der Waals surface area contributed by atoms with E-state index in [1.54, 1.807) is 68.6 Å². The second-order valence-electron chi connectivity index (χ2n) is 26.2. The number of benzene rings is 6. The van der Waals surface area contributed by atoms with E-state index in [0.29, 0.717) is 116 Å². The van der Waals surface area contributed by atoms with Gasteiger partial charge in [0.15, 0.2) is 0 Å². The fourth-order valence-electron chi connectivity index (χ4n) is 13.1. The van der Waals surface area contributed by atoms with E-state index in [4.69, 9.17) is 95.7 Å². The maximum atomic E-state index is 13.1. The van der Waals surface area contributed by atoms with Gasteiger partial charge in [0.2, 0.25) is 23.6 Å². The van der Waals surface area contributed by atoms with Crippen LogP contribution in [-0.2, 0) is 77.7 Å². The molecule has 1 fully saturated rings. The van der Waals surface area contributed by atoms with E-state index < -0.39 is 47.8 Å². The average Bonchev–Trinajstić information content (AvgIpc) is 1.62. The van der Waals surface area contributed by atoms with Crippen LogP contribution in [-0.4, -0.2) is 140 Å². The van der Waals surface area contributed by atoms with Crippen molar-refractivity contribution in [3.8, 4) is 34.3 Å². The second-order valence-corrected chi connectivity index (χ2v) is 28.7. The van der Waals surface area contributed by atoms with Crippen LogP contribution in [0.1, 0.15) is 137 Å². The van der Waals surface area contributed by atoms with Crippen LogP contribution in [0.4, 0.5) is 0 Å². The van der Waals surface area contributed by atoms with Crippen LogP contribution in [0, 0.1) is 49.0 Å². The van der Waals surface area contributed by atoms with Gasteiger partial charge in [-0.2, -0.15) is 15.3 Å². The summed E-state index contributed by atoms with van der Waals surface area (Å²) in [6, 6.07) is 29.0. The van der Waals surface area contributed by atoms with Crippen molar-refractivity contribution in [2.24, 2.45) is 11.5 Å². The number of hydrogen-bond acceptors (Lipinski definition) is 18. The van der Waals surface area contributed by atoms with E-state index in [0.717, 1.165) is 33.8 Å². The molecule has 3 unspecified atom stereocenters. The molecule has 7 amide bonds. The standard InChI is InChI=1S/C26H26Cl2N4O5.C25H22Cl2N4O4.C14H16N2O5.C12H12Cl2N2O.CH3.K/c1-14-9-19(27)24(20(28)10-14)32-15(2)11-16(30-32)13-37-22-6-4-5-17-18(22)12-31(26(17)35)21(25(29)34)7-8-23(33)36-3;1-13-8-18(26)23(19(27)9-13)31-14(2)10-15(29-31)12-35-21-5-3-4-16-17(21)11-30(25(16)34)20-6-7-22(32)28-24(20)33;1-21-12(18)6-5-10(13(15)19)16-7-9-8(14(16)20)3-2-4-11(9)17;1-7-3-10(13)12(11(14)4-7)16-8(2)5-9(6-17)15-16;;/h4-6,9-11,21H,7-8,12-13H2,1-3H3,(H2,29,34);3-5,8-10,20H,6-7,11-12H2,1-2H3,(H,28,32,33);2-4,10,17H,5-7H2,1H3,(H2,15,19);3-5,17H,6H2,1-2H3;1H3;/q;;;;-1;+1. The Balaban J connectivity index is 0.000000195. The Morgan fingerprint density at radius 1 is 0.527 bits per heavy atom. The van der Waals surface area contributed by atoms with Gasteiger partial charge in [-0.3, -0.25) is 48.5 Å². The first kappa shape index (κ1) is 88.7. The summed E-state index contributed by atoms with van der Waals surface area (Å²) >= 11 is 38.1. The zero-order valence-electron chi connectivity index (χ0n) is 62.8. The Morgan fingerprint density at radius 3 is 1.25 bits per heavy atom. The summed E-state index contributed by atoms with van der Waals surface area (Å²) in [6.45, 7) is 12.1. The van der Waals surface area contributed by atoms with Crippen molar-refractivity contribution < 1.29 is 124 Å². The first-order chi connectivity index (χ1) is 52.3. The number of phenols is 1. The third-order valence-corrected chi connectivity index (χ3v) is 20.1. The molecular weight excluding hydrogens is 1600 g/mol. The number of fused-ring (bicyclic) bond motifs is 3. The molecule has 584 valence electrons. The minimum atomic E-state index is -0.950. The van der Waals surface area contributed by atoms with Crippen LogP contribution in [0.5, 0.6) is 17.2 Å². The monoisotopic (exact) mass is 1670 g/mol. The van der Waals surface area contributed by atoms with E-state index in [9.17, 15) is 48.3 Å². The molecule has 3 atom stereocenters. The molecule has 0 radical (unpaired) electrons. The number of nitrogens with two attached hydrogens (primary N) is 2. The molecule has 1 saturated heterocycles. The normalized spacial score (nSPS) is 14.3. The summed E-state index contributed by atoms with van der Waals surface area (Å²) in [4.78, 5) is 113. The Labute approximate surface area is 718 Å². The summed E-state index contributed by atoms with van der Waals surface area (Å²) < 4.78 is 26.3. The molecular formula is C78H79Cl6KN12O15. The summed E-state index contributed by atoms with van der Waals surface area (Å²) in [6.07, 6.45) is 0.612. The number of aryl methyl sites for hydroxylation is 6. The number of rotatable bonds is 21. The zero-order valence-corrected chi connectivity index (χ0v) is 70.4. The first-order valence-electron chi connectivity index (χ1n) is 34.3. The van der Waals surface area contributed by atoms with Gasteiger partial charge >= 0.3 is 63.3 Å². The molecule has 3 aromatic heterocycles. The number of carbonyl (C=O) groups excluding carboxylic acids is 9. The number of esters is 2. The van der Waals surface area contributed by atoms with Crippen molar-refractivity contribution in [2.75, 3.05) is 14.2 Å². The number of nitrogens with one attached hydrogen (secondary N) is 1. The predicted molar refractivity (Wildman–Crippen MR) is 415 cm³/mol. The molecule has 4 aliphatic rings. The van der Waals surface area contributed by atoms with Gasteiger partial charge in [-0.15, -0.1) is 0 Å². The van der Waals surface area contributed by atoms with Crippen molar-refractivity contribution in [1.29, 1.82) is 0 Å². The maximum absolute atomic E-state index is 13.1. The van der Waals surface area contributed by atoms with Gasteiger partial charge in [-0.25, -0.2) is 14.0 Å². The fourth-order valence-corrected chi connectivity index (χ4v) is 15.4. The SMILES string of the molecule is COC(=O)CCC(C(N)=O)N1Cc2c(O)cccc2C1=O.COC(=O)CCC(C(N)=O)N1Cc2c(OCc3cc(C)n(-c4c(Cl)cc(C)cc4Cl)n3)cccc2C1=O.Cc1cc(Cl)c(-n2nc(CO)cc2C)c(Cl)c1.Cc1cc(Cl)c(-n2nc(COc3cccc4c3CN(C3CCC(=O)NC3=O)C4=O)cc2C)c(Cl)c1.[CH3-].[K+]. The number of ether oxygens (including phenoxy) is 4. The minimum absolute atomic E-state index is 0. The van der Waals surface area contributed by atoms with Gasteiger partial charge in [-0.05, 0) is 168 Å². The molecule has 9 aromatic rings. The molecule has 0 spiro atoms. The summed E-state index contributed by atoms with van der Waals surface area (Å²) in [7, 11) is 2.51. The first-order valence-corrected chi connectivity index (χ1v) is 36.5. The number of methoxy groups -OCH3 is 2. The largest absolute Gasteiger partial charge is 1.00 e. The molecule has 13 rings (SSSR count). The summed E-state index contributed by atoms with van der Waals surface area (Å²) in [5.74, 6) is -3.05. The maximum Gasteiger partial charge on any atom is 1.00 e. The van der Waals surface area contributed by atoms with E-state index in [1.807, 2.05) is 90.1 Å². The van der Waals surface area contributed by atoms with Crippen LogP contribution in [0.15, 0.2) is 109 Å². The zero-order chi connectivity index (χ0) is 79.9. The predicted octanol–water partition coefficient (Wildman–Crippen LogP) is 9.17. The molecule has 0 bridgehead atoms. The van der Waals surface area contributed by atoms with E-state index in [1.165, 1.54) is 35.0 Å². The number of nitrogens with zero attached hydrogens (tertiary/aromatic N) is 9. The van der Waals surface area contributed by atoms with Crippen molar-refractivity contribution in [1.82, 2.24) is 49.4 Å². The summed E-state index contributed by atoms with van der Waals surface area (Å²) in [5.41, 5.74) is 23.1. The fraction of sp³-hybridized carbons (Fsp3) is 0.295. The average molecular weight is 1680 g/mol. The molecule has 27 nitrogen and oxygen atoms in total. The molecule has 34 heteroatoms. The van der Waals surface area contributed by atoms with Gasteiger partial charge in [0.1, 0.15) is 77.0 Å². The van der Waals surface area contributed by atoms with Crippen LogP contribution < -0.4 is 77.6 Å². The third kappa shape index (κ3) is 20.2. The molecule has 6 aromatic carbocycles. The number of carbonyl (C=O) groups is 9.